The van der Waals surface area contributed by atoms with Crippen LogP contribution in [0.5, 0.6) is 11.5 Å². The van der Waals surface area contributed by atoms with Crippen LogP contribution in [0.3, 0.4) is 0 Å². The number of carbonyl (C=O) groups excluding carboxylic acids is 1. The van der Waals surface area contributed by atoms with Crippen molar-refractivity contribution in [1.29, 1.82) is 0 Å². The van der Waals surface area contributed by atoms with Crippen LogP contribution < -0.4 is 14.8 Å². The van der Waals surface area contributed by atoms with E-state index in [1.807, 2.05) is 24.3 Å². The molecule has 1 amide bonds. The van der Waals surface area contributed by atoms with Gasteiger partial charge in [0.05, 0.1) is 12.7 Å². The van der Waals surface area contributed by atoms with Gasteiger partial charge in [-0.2, -0.15) is 4.98 Å². The van der Waals surface area contributed by atoms with E-state index in [4.69, 9.17) is 14.0 Å². The van der Waals surface area contributed by atoms with Crippen molar-refractivity contribution in [2.24, 2.45) is 0 Å². The van der Waals surface area contributed by atoms with E-state index in [0.717, 1.165) is 11.3 Å². The molecule has 0 bridgehead atoms. The van der Waals surface area contributed by atoms with Gasteiger partial charge in [-0.1, -0.05) is 17.3 Å². The fourth-order valence-electron chi connectivity index (χ4n) is 2.83. The highest BCUT2D eigenvalue weighted by atomic mass is 19.1. The molecule has 8 heteroatoms. The first-order valence-electron chi connectivity index (χ1n) is 9.38. The fraction of sp³-hybridized carbons (Fsp3) is 0.0870. The first-order chi connectivity index (χ1) is 15.1. The number of ether oxygens (including phenoxy) is 2. The Morgan fingerprint density at radius 3 is 2.52 bits per heavy atom. The van der Waals surface area contributed by atoms with E-state index in [0.29, 0.717) is 22.8 Å². The lowest BCUT2D eigenvalue weighted by Gasteiger charge is -2.09. The molecule has 0 spiro atoms. The number of rotatable bonds is 7. The summed E-state index contributed by atoms with van der Waals surface area (Å²) in [5.41, 5.74) is 1.81. The molecule has 0 fully saturated rings. The summed E-state index contributed by atoms with van der Waals surface area (Å²) >= 11 is 0. The molecule has 0 aliphatic carbocycles. The molecule has 4 aromatic rings. The van der Waals surface area contributed by atoms with Gasteiger partial charge in [-0.05, 0) is 60.7 Å². The molecule has 0 aliphatic rings. The quantitative estimate of drug-likeness (QED) is 0.472. The molecule has 0 radical (unpaired) electrons. The Hall–Kier alpha value is -4.20. The highest BCUT2D eigenvalue weighted by Gasteiger charge is 2.16. The Morgan fingerprint density at radius 2 is 1.77 bits per heavy atom. The Bertz CT molecular complexity index is 1170. The van der Waals surface area contributed by atoms with Gasteiger partial charge in [0.15, 0.2) is 6.61 Å². The number of amides is 1. The van der Waals surface area contributed by atoms with Crippen molar-refractivity contribution >= 4 is 11.6 Å². The Labute approximate surface area is 177 Å². The van der Waals surface area contributed by atoms with Gasteiger partial charge in [-0.3, -0.25) is 4.79 Å². The van der Waals surface area contributed by atoms with Gasteiger partial charge in [-0.25, -0.2) is 4.39 Å². The summed E-state index contributed by atoms with van der Waals surface area (Å²) in [4.78, 5) is 16.6. The van der Waals surface area contributed by atoms with Gasteiger partial charge in [0.25, 0.3) is 11.8 Å². The molecular formula is C23H18FN3O4. The molecule has 4 rings (SSSR count). The van der Waals surface area contributed by atoms with Crippen molar-refractivity contribution in [2.75, 3.05) is 19.0 Å². The van der Waals surface area contributed by atoms with Crippen LogP contribution in [0.15, 0.2) is 77.3 Å². The highest BCUT2D eigenvalue weighted by molar-refractivity contribution is 5.91. The molecule has 0 saturated heterocycles. The first-order valence-corrected chi connectivity index (χ1v) is 9.38. The van der Waals surface area contributed by atoms with E-state index in [9.17, 15) is 9.18 Å². The zero-order chi connectivity index (χ0) is 21.6. The SMILES string of the molecule is COc1ccc(-c2noc(-c3ccccc3OCC(=O)Nc3ccc(F)cc3)n2)cc1. The number of aromatic nitrogens is 2. The maximum absolute atomic E-state index is 13.0. The summed E-state index contributed by atoms with van der Waals surface area (Å²) in [6.45, 7) is -0.242. The van der Waals surface area contributed by atoms with Crippen molar-refractivity contribution in [1.82, 2.24) is 10.1 Å². The average Bonchev–Trinajstić information content (AvgIpc) is 3.30. The summed E-state index contributed by atoms with van der Waals surface area (Å²) in [5.74, 6) is 1.07. The van der Waals surface area contributed by atoms with Crippen LogP contribution in [-0.4, -0.2) is 29.8 Å². The van der Waals surface area contributed by atoms with Crippen LogP contribution in [0.1, 0.15) is 0 Å². The lowest BCUT2D eigenvalue weighted by molar-refractivity contribution is -0.118. The molecular weight excluding hydrogens is 401 g/mol. The van der Waals surface area contributed by atoms with Crippen LogP contribution in [0, 0.1) is 5.82 Å². The molecule has 0 saturated carbocycles. The second-order valence-corrected chi connectivity index (χ2v) is 6.49. The van der Waals surface area contributed by atoms with Crippen molar-refractivity contribution in [3.05, 3.63) is 78.6 Å². The lowest BCUT2D eigenvalue weighted by Crippen LogP contribution is -2.20. The van der Waals surface area contributed by atoms with Gasteiger partial charge >= 0.3 is 0 Å². The van der Waals surface area contributed by atoms with Crippen molar-refractivity contribution < 1.29 is 23.2 Å². The molecule has 0 atom stereocenters. The number of hydrogen-bond acceptors (Lipinski definition) is 6. The monoisotopic (exact) mass is 419 g/mol. The second-order valence-electron chi connectivity index (χ2n) is 6.49. The Morgan fingerprint density at radius 1 is 1.03 bits per heavy atom. The summed E-state index contributed by atoms with van der Waals surface area (Å²) in [5, 5.41) is 6.67. The van der Waals surface area contributed by atoms with Crippen molar-refractivity contribution in [2.45, 2.75) is 0 Å². The van der Waals surface area contributed by atoms with Crippen LogP contribution in [-0.2, 0) is 4.79 Å². The van der Waals surface area contributed by atoms with E-state index in [1.54, 1.807) is 31.4 Å². The fourth-order valence-corrected chi connectivity index (χ4v) is 2.83. The zero-order valence-electron chi connectivity index (χ0n) is 16.5. The Balaban J connectivity index is 1.46. The minimum Gasteiger partial charge on any atom is -0.497 e. The maximum atomic E-state index is 13.0. The number of halogens is 1. The third kappa shape index (κ3) is 4.87. The average molecular weight is 419 g/mol. The lowest BCUT2D eigenvalue weighted by atomic mass is 10.2. The number of carbonyl (C=O) groups is 1. The van der Waals surface area contributed by atoms with Crippen LogP contribution in [0.2, 0.25) is 0 Å². The smallest absolute Gasteiger partial charge is 0.262 e. The van der Waals surface area contributed by atoms with Gasteiger partial charge < -0.3 is 19.3 Å². The number of methoxy groups -OCH3 is 1. The predicted octanol–water partition coefficient (Wildman–Crippen LogP) is 4.57. The number of anilines is 1. The largest absolute Gasteiger partial charge is 0.497 e. The van der Waals surface area contributed by atoms with Crippen LogP contribution >= 0.6 is 0 Å². The van der Waals surface area contributed by atoms with E-state index in [2.05, 4.69) is 15.5 Å². The second kappa shape index (κ2) is 9.08. The standard InChI is InChI=1S/C23H18FN3O4/c1-29-18-12-6-15(7-13-18)22-26-23(31-27-22)19-4-2-3-5-20(19)30-14-21(28)25-17-10-8-16(24)9-11-17/h2-13H,14H2,1H3,(H,25,28). The molecule has 156 valence electrons. The Kier molecular flexibility index (Phi) is 5.89. The minimum atomic E-state index is -0.383. The van der Waals surface area contributed by atoms with Crippen molar-refractivity contribution in [3.8, 4) is 34.3 Å². The van der Waals surface area contributed by atoms with Crippen LogP contribution in [0.25, 0.3) is 22.8 Å². The van der Waals surface area contributed by atoms with Crippen LogP contribution in [0.4, 0.5) is 10.1 Å². The number of benzene rings is 3. The summed E-state index contributed by atoms with van der Waals surface area (Å²) in [6, 6.07) is 19.8. The molecule has 0 unspecified atom stereocenters. The van der Waals surface area contributed by atoms with Gasteiger partial charge in [0.2, 0.25) is 5.82 Å². The van der Waals surface area contributed by atoms with E-state index < -0.39 is 0 Å². The molecule has 1 heterocycles. The third-order valence-electron chi connectivity index (χ3n) is 4.38. The predicted molar refractivity (Wildman–Crippen MR) is 112 cm³/mol. The first kappa shape index (κ1) is 20.1. The minimum absolute atomic E-state index is 0.242. The number of nitrogens with zero attached hydrogens (tertiary/aromatic N) is 2. The summed E-state index contributed by atoms with van der Waals surface area (Å²) in [7, 11) is 1.60. The number of hydrogen-bond donors (Lipinski definition) is 1. The normalized spacial score (nSPS) is 10.5. The number of nitrogens with one attached hydrogen (secondary N) is 1. The number of para-hydroxylation sites is 1. The third-order valence-corrected chi connectivity index (χ3v) is 4.38. The van der Waals surface area contributed by atoms with E-state index in [1.165, 1.54) is 24.3 Å². The topological polar surface area (TPSA) is 86.5 Å². The van der Waals surface area contributed by atoms with Crippen molar-refractivity contribution in [3.63, 3.8) is 0 Å². The molecule has 31 heavy (non-hydrogen) atoms. The van der Waals surface area contributed by atoms with E-state index in [-0.39, 0.29) is 24.2 Å². The van der Waals surface area contributed by atoms with Gasteiger partial charge in [0.1, 0.15) is 17.3 Å². The highest BCUT2D eigenvalue weighted by Crippen LogP contribution is 2.30. The molecule has 3 aromatic carbocycles. The van der Waals surface area contributed by atoms with Gasteiger partial charge in [0, 0.05) is 11.3 Å². The summed E-state index contributed by atoms with van der Waals surface area (Å²) < 4.78 is 29.2. The maximum Gasteiger partial charge on any atom is 0.262 e. The molecule has 1 aromatic heterocycles. The summed E-state index contributed by atoms with van der Waals surface area (Å²) in [6.07, 6.45) is 0. The van der Waals surface area contributed by atoms with Gasteiger partial charge in [-0.15, -0.1) is 0 Å². The zero-order valence-corrected chi connectivity index (χ0v) is 16.5. The molecule has 0 aliphatic heterocycles. The molecule has 1 N–H and O–H groups in total. The van der Waals surface area contributed by atoms with E-state index >= 15 is 0 Å². The molecule has 7 nitrogen and oxygen atoms in total.